The maximum Gasteiger partial charge on any atom is 0.411 e. The molecule has 1 fully saturated rings. The molecule has 0 saturated heterocycles. The lowest BCUT2D eigenvalue weighted by Gasteiger charge is -2.34. The van der Waals surface area contributed by atoms with Gasteiger partial charge in [0.1, 0.15) is 12.1 Å². The van der Waals surface area contributed by atoms with E-state index in [1.54, 1.807) is 20.8 Å². The number of carbonyl (C=O) groups excluding carboxylic acids is 1. The van der Waals surface area contributed by atoms with Crippen LogP contribution in [-0.4, -0.2) is 40.3 Å². The Morgan fingerprint density at radius 1 is 1.22 bits per heavy atom. The molecule has 0 aliphatic heterocycles. The van der Waals surface area contributed by atoms with E-state index in [-0.39, 0.29) is 12.6 Å². The average molecular weight is 257 g/mol. The molecular weight excluding hydrogens is 234 g/mol. The van der Waals surface area contributed by atoms with Crippen molar-refractivity contribution < 1.29 is 19.4 Å². The first-order valence-electron chi connectivity index (χ1n) is 6.51. The van der Waals surface area contributed by atoms with Crippen molar-refractivity contribution in [3.63, 3.8) is 0 Å². The molecule has 1 amide bonds. The highest BCUT2D eigenvalue weighted by molar-refractivity contribution is 5.77. The van der Waals surface area contributed by atoms with Gasteiger partial charge in [-0.25, -0.2) is 4.79 Å². The van der Waals surface area contributed by atoms with Gasteiger partial charge < -0.3 is 9.84 Å². The third kappa shape index (κ3) is 4.94. The highest BCUT2D eigenvalue weighted by Crippen LogP contribution is 2.24. The lowest BCUT2D eigenvalue weighted by Crippen LogP contribution is -2.46. The van der Waals surface area contributed by atoms with Gasteiger partial charge in [-0.1, -0.05) is 19.3 Å². The van der Waals surface area contributed by atoms with Crippen LogP contribution in [0.4, 0.5) is 4.79 Å². The van der Waals surface area contributed by atoms with Crippen molar-refractivity contribution in [3.8, 4) is 0 Å². The Morgan fingerprint density at radius 3 is 2.22 bits per heavy atom. The lowest BCUT2D eigenvalue weighted by molar-refractivity contribution is -0.139. The van der Waals surface area contributed by atoms with Gasteiger partial charge in [0, 0.05) is 6.04 Å². The van der Waals surface area contributed by atoms with Crippen molar-refractivity contribution in [3.05, 3.63) is 0 Å². The van der Waals surface area contributed by atoms with Gasteiger partial charge in [0.05, 0.1) is 0 Å². The van der Waals surface area contributed by atoms with Crippen LogP contribution in [0, 0.1) is 0 Å². The summed E-state index contributed by atoms with van der Waals surface area (Å²) in [4.78, 5) is 24.3. The Labute approximate surface area is 108 Å². The number of ether oxygens (including phenoxy) is 1. The van der Waals surface area contributed by atoms with Gasteiger partial charge in [0.25, 0.3) is 0 Å². The largest absolute Gasteiger partial charge is 0.480 e. The van der Waals surface area contributed by atoms with E-state index >= 15 is 0 Å². The van der Waals surface area contributed by atoms with E-state index in [4.69, 9.17) is 9.84 Å². The first-order valence-corrected chi connectivity index (χ1v) is 6.51. The summed E-state index contributed by atoms with van der Waals surface area (Å²) in [5.41, 5.74) is -0.595. The first kappa shape index (κ1) is 14.8. The average Bonchev–Trinajstić information content (AvgIpc) is 2.24. The molecule has 1 N–H and O–H groups in total. The minimum atomic E-state index is -0.994. The van der Waals surface area contributed by atoms with Gasteiger partial charge in [-0.05, 0) is 33.6 Å². The maximum atomic E-state index is 12.0. The van der Waals surface area contributed by atoms with Gasteiger partial charge in [0.15, 0.2) is 0 Å². The molecule has 1 saturated carbocycles. The van der Waals surface area contributed by atoms with Crippen molar-refractivity contribution in [2.75, 3.05) is 6.54 Å². The first-order chi connectivity index (χ1) is 8.29. The topological polar surface area (TPSA) is 66.8 Å². The molecule has 0 radical (unpaired) electrons. The zero-order chi connectivity index (χ0) is 13.8. The summed E-state index contributed by atoms with van der Waals surface area (Å²) in [6.45, 7) is 5.07. The minimum Gasteiger partial charge on any atom is -0.480 e. The highest BCUT2D eigenvalue weighted by Gasteiger charge is 2.30. The van der Waals surface area contributed by atoms with E-state index < -0.39 is 17.7 Å². The van der Waals surface area contributed by atoms with E-state index in [2.05, 4.69) is 0 Å². The second-order valence-corrected chi connectivity index (χ2v) is 5.79. The summed E-state index contributed by atoms with van der Waals surface area (Å²) in [6, 6.07) is 0.00435. The van der Waals surface area contributed by atoms with Gasteiger partial charge in [-0.15, -0.1) is 0 Å². The number of nitrogens with zero attached hydrogens (tertiary/aromatic N) is 1. The number of amides is 1. The van der Waals surface area contributed by atoms with E-state index in [1.807, 2.05) is 0 Å². The molecule has 0 heterocycles. The van der Waals surface area contributed by atoms with Crippen LogP contribution in [0.1, 0.15) is 52.9 Å². The molecule has 0 atom stereocenters. The van der Waals surface area contributed by atoms with Gasteiger partial charge >= 0.3 is 12.1 Å². The van der Waals surface area contributed by atoms with Crippen molar-refractivity contribution in [1.82, 2.24) is 4.90 Å². The summed E-state index contributed by atoms with van der Waals surface area (Å²) >= 11 is 0. The van der Waals surface area contributed by atoms with Crippen LogP contribution in [0.15, 0.2) is 0 Å². The monoisotopic (exact) mass is 257 g/mol. The lowest BCUT2D eigenvalue weighted by atomic mass is 9.94. The Hall–Kier alpha value is -1.26. The predicted octanol–water partition coefficient (Wildman–Crippen LogP) is 2.64. The number of carboxylic acid groups (broad SMARTS) is 1. The Bertz CT molecular complexity index is 303. The quantitative estimate of drug-likeness (QED) is 0.844. The zero-order valence-corrected chi connectivity index (χ0v) is 11.4. The van der Waals surface area contributed by atoms with Gasteiger partial charge in [-0.3, -0.25) is 9.69 Å². The second kappa shape index (κ2) is 6.07. The molecular formula is C13H23NO4. The molecule has 0 aromatic heterocycles. The summed E-state index contributed by atoms with van der Waals surface area (Å²) in [6.07, 6.45) is 4.47. The van der Waals surface area contributed by atoms with E-state index in [0.717, 1.165) is 32.1 Å². The molecule has 0 spiro atoms. The summed E-state index contributed by atoms with van der Waals surface area (Å²) in [5.74, 6) is -0.994. The number of hydrogen-bond donors (Lipinski definition) is 1. The predicted molar refractivity (Wildman–Crippen MR) is 67.4 cm³/mol. The summed E-state index contributed by atoms with van der Waals surface area (Å²) in [7, 11) is 0. The van der Waals surface area contributed by atoms with Crippen LogP contribution < -0.4 is 0 Å². The fourth-order valence-electron chi connectivity index (χ4n) is 2.20. The molecule has 18 heavy (non-hydrogen) atoms. The third-order valence-electron chi connectivity index (χ3n) is 2.95. The van der Waals surface area contributed by atoms with E-state index in [9.17, 15) is 9.59 Å². The van der Waals surface area contributed by atoms with Gasteiger partial charge in [-0.2, -0.15) is 0 Å². The zero-order valence-electron chi connectivity index (χ0n) is 11.4. The molecule has 1 aliphatic carbocycles. The summed E-state index contributed by atoms with van der Waals surface area (Å²) in [5, 5.41) is 8.91. The normalized spacial score (nSPS) is 17.3. The van der Waals surface area contributed by atoms with Gasteiger partial charge in [0.2, 0.25) is 0 Å². The number of hydrogen-bond acceptors (Lipinski definition) is 3. The number of carboxylic acids is 1. The molecule has 5 nitrogen and oxygen atoms in total. The Balaban J connectivity index is 2.70. The Kier molecular flexibility index (Phi) is 4.99. The van der Waals surface area contributed by atoms with Crippen molar-refractivity contribution in [2.45, 2.75) is 64.5 Å². The van der Waals surface area contributed by atoms with E-state index in [0.29, 0.717) is 0 Å². The van der Waals surface area contributed by atoms with Crippen molar-refractivity contribution in [2.24, 2.45) is 0 Å². The smallest absolute Gasteiger partial charge is 0.411 e. The standard InChI is InChI=1S/C13H23NO4/c1-13(2,3)18-12(17)14(9-11(15)16)10-7-5-4-6-8-10/h10H,4-9H2,1-3H3,(H,15,16). The molecule has 0 unspecified atom stereocenters. The summed E-state index contributed by atoms with van der Waals surface area (Å²) < 4.78 is 5.28. The van der Waals surface area contributed by atoms with Crippen molar-refractivity contribution in [1.29, 1.82) is 0 Å². The van der Waals surface area contributed by atoms with Crippen LogP contribution in [0.2, 0.25) is 0 Å². The van der Waals surface area contributed by atoms with Crippen LogP contribution in [0.25, 0.3) is 0 Å². The number of rotatable bonds is 3. The third-order valence-corrected chi connectivity index (χ3v) is 2.95. The molecule has 0 aromatic carbocycles. The van der Waals surface area contributed by atoms with Crippen molar-refractivity contribution >= 4 is 12.1 Å². The molecule has 1 aliphatic rings. The number of carbonyl (C=O) groups is 2. The SMILES string of the molecule is CC(C)(C)OC(=O)N(CC(=O)O)C1CCCCC1. The van der Waals surface area contributed by atoms with Crippen LogP contribution in [-0.2, 0) is 9.53 Å². The molecule has 104 valence electrons. The van der Waals surface area contributed by atoms with Crippen LogP contribution in [0.5, 0.6) is 0 Å². The maximum absolute atomic E-state index is 12.0. The molecule has 0 bridgehead atoms. The molecule has 5 heteroatoms. The molecule has 0 aromatic rings. The second-order valence-electron chi connectivity index (χ2n) is 5.79. The van der Waals surface area contributed by atoms with Crippen LogP contribution in [0.3, 0.4) is 0 Å². The number of aliphatic carboxylic acids is 1. The minimum absolute atomic E-state index is 0.00435. The van der Waals surface area contributed by atoms with Crippen LogP contribution >= 0.6 is 0 Å². The highest BCUT2D eigenvalue weighted by atomic mass is 16.6. The van der Waals surface area contributed by atoms with E-state index in [1.165, 1.54) is 4.90 Å². The Morgan fingerprint density at radius 2 is 1.78 bits per heavy atom. The fraction of sp³-hybridized carbons (Fsp3) is 0.846. The molecule has 1 rings (SSSR count). The fourth-order valence-corrected chi connectivity index (χ4v) is 2.20.